The molecule has 1 N–H and O–H groups in total. The highest BCUT2D eigenvalue weighted by atomic mass is 32.2. The SMILES string of the molecule is CCCNC(Cc1ccc(F)c(F)c1)C(C)S(C)(=O)=O. The summed E-state index contributed by atoms with van der Waals surface area (Å²) >= 11 is 0. The summed E-state index contributed by atoms with van der Waals surface area (Å²) in [6.45, 7) is 4.28. The predicted molar refractivity (Wildman–Crippen MR) is 76.4 cm³/mol. The Balaban J connectivity index is 2.91. The van der Waals surface area contributed by atoms with E-state index in [1.807, 2.05) is 6.92 Å². The fourth-order valence-corrected chi connectivity index (χ4v) is 2.74. The third kappa shape index (κ3) is 4.83. The van der Waals surface area contributed by atoms with Crippen LogP contribution in [0.25, 0.3) is 0 Å². The van der Waals surface area contributed by atoms with Gasteiger partial charge in [0.1, 0.15) is 0 Å². The Morgan fingerprint density at radius 1 is 1.25 bits per heavy atom. The van der Waals surface area contributed by atoms with E-state index in [9.17, 15) is 17.2 Å². The number of rotatable bonds is 7. The van der Waals surface area contributed by atoms with Crippen LogP contribution in [0.2, 0.25) is 0 Å². The highest BCUT2D eigenvalue weighted by Gasteiger charge is 2.25. The van der Waals surface area contributed by atoms with E-state index in [2.05, 4.69) is 5.32 Å². The summed E-state index contributed by atoms with van der Waals surface area (Å²) in [4.78, 5) is 0. The zero-order chi connectivity index (χ0) is 15.3. The van der Waals surface area contributed by atoms with E-state index in [0.29, 0.717) is 18.5 Å². The van der Waals surface area contributed by atoms with Crippen LogP contribution in [-0.2, 0) is 16.3 Å². The molecule has 114 valence electrons. The second kappa shape index (κ2) is 7.13. The van der Waals surface area contributed by atoms with Crippen molar-refractivity contribution in [1.29, 1.82) is 0 Å². The smallest absolute Gasteiger partial charge is 0.159 e. The highest BCUT2D eigenvalue weighted by Crippen LogP contribution is 2.14. The maximum absolute atomic E-state index is 13.2. The number of nitrogens with one attached hydrogen (secondary N) is 1. The summed E-state index contributed by atoms with van der Waals surface area (Å²) in [6, 6.07) is 3.33. The molecule has 0 aliphatic rings. The van der Waals surface area contributed by atoms with Gasteiger partial charge in [0.15, 0.2) is 21.5 Å². The molecule has 0 aromatic heterocycles. The monoisotopic (exact) mass is 305 g/mol. The lowest BCUT2D eigenvalue weighted by atomic mass is 10.0. The molecule has 0 spiro atoms. The zero-order valence-corrected chi connectivity index (χ0v) is 12.8. The first kappa shape index (κ1) is 17.0. The maximum Gasteiger partial charge on any atom is 0.159 e. The van der Waals surface area contributed by atoms with Gasteiger partial charge in [-0.3, -0.25) is 0 Å². The third-order valence-corrected chi connectivity index (χ3v) is 5.02. The van der Waals surface area contributed by atoms with E-state index in [-0.39, 0.29) is 6.04 Å². The van der Waals surface area contributed by atoms with Crippen molar-refractivity contribution in [3.05, 3.63) is 35.4 Å². The van der Waals surface area contributed by atoms with Crippen molar-refractivity contribution in [3.8, 4) is 0 Å². The molecule has 0 aliphatic carbocycles. The first-order valence-corrected chi connectivity index (χ1v) is 8.57. The minimum Gasteiger partial charge on any atom is -0.312 e. The van der Waals surface area contributed by atoms with E-state index >= 15 is 0 Å². The standard InChI is InChI=1S/C14H21F2NO2S/c1-4-7-17-14(10(2)20(3,18)19)9-11-5-6-12(15)13(16)8-11/h5-6,8,10,14,17H,4,7,9H2,1-3H3. The molecule has 2 unspecified atom stereocenters. The van der Waals surface area contributed by atoms with E-state index in [0.717, 1.165) is 18.6 Å². The molecule has 1 aromatic rings. The summed E-state index contributed by atoms with van der Waals surface area (Å²) in [5, 5.41) is 2.57. The van der Waals surface area contributed by atoms with Crippen molar-refractivity contribution < 1.29 is 17.2 Å². The molecule has 20 heavy (non-hydrogen) atoms. The number of hydrogen-bond donors (Lipinski definition) is 1. The molecule has 1 rings (SSSR count). The molecule has 0 saturated carbocycles. The second-order valence-corrected chi connectivity index (χ2v) is 7.45. The van der Waals surface area contributed by atoms with Crippen LogP contribution in [0, 0.1) is 11.6 Å². The van der Waals surface area contributed by atoms with Crippen LogP contribution < -0.4 is 5.32 Å². The Hall–Kier alpha value is -1.01. The molecule has 0 bridgehead atoms. The highest BCUT2D eigenvalue weighted by molar-refractivity contribution is 7.91. The van der Waals surface area contributed by atoms with E-state index in [1.165, 1.54) is 12.3 Å². The van der Waals surface area contributed by atoms with Crippen LogP contribution in [0.15, 0.2) is 18.2 Å². The van der Waals surface area contributed by atoms with Crippen molar-refractivity contribution in [1.82, 2.24) is 5.32 Å². The quantitative estimate of drug-likeness (QED) is 0.841. The van der Waals surface area contributed by atoms with Gasteiger partial charge in [-0.05, 0) is 44.0 Å². The molecular formula is C14H21F2NO2S. The molecule has 0 saturated heterocycles. The minimum atomic E-state index is -3.20. The molecule has 0 amide bonds. The van der Waals surface area contributed by atoms with Crippen molar-refractivity contribution in [2.24, 2.45) is 0 Å². The lowest BCUT2D eigenvalue weighted by Gasteiger charge is -2.24. The number of sulfone groups is 1. The summed E-state index contributed by atoms with van der Waals surface area (Å²) < 4.78 is 49.4. The van der Waals surface area contributed by atoms with Gasteiger partial charge in [-0.2, -0.15) is 0 Å². The molecule has 0 radical (unpaired) electrons. The number of benzene rings is 1. The Morgan fingerprint density at radius 2 is 1.90 bits per heavy atom. The minimum absolute atomic E-state index is 0.324. The summed E-state index contributed by atoms with van der Waals surface area (Å²) in [5.74, 6) is -1.81. The third-order valence-electron chi connectivity index (χ3n) is 3.34. The van der Waals surface area contributed by atoms with E-state index in [1.54, 1.807) is 6.92 Å². The van der Waals surface area contributed by atoms with Crippen molar-refractivity contribution in [2.45, 2.75) is 38.0 Å². The van der Waals surface area contributed by atoms with E-state index in [4.69, 9.17) is 0 Å². The van der Waals surface area contributed by atoms with Crippen molar-refractivity contribution >= 4 is 9.84 Å². The average molecular weight is 305 g/mol. The van der Waals surface area contributed by atoms with Gasteiger partial charge >= 0.3 is 0 Å². The molecule has 0 heterocycles. The van der Waals surface area contributed by atoms with Gasteiger partial charge in [0.2, 0.25) is 0 Å². The predicted octanol–water partition coefficient (Wildman–Crippen LogP) is 2.31. The van der Waals surface area contributed by atoms with Gasteiger partial charge < -0.3 is 5.32 Å². The number of halogens is 2. The lowest BCUT2D eigenvalue weighted by molar-refractivity contribution is 0.476. The first-order valence-electron chi connectivity index (χ1n) is 6.62. The Kier molecular flexibility index (Phi) is 6.07. The first-order chi connectivity index (χ1) is 9.25. The summed E-state index contributed by atoms with van der Waals surface area (Å²) in [6.07, 6.45) is 2.39. The van der Waals surface area contributed by atoms with Crippen LogP contribution in [0.4, 0.5) is 8.78 Å². The molecule has 6 heteroatoms. The molecular weight excluding hydrogens is 284 g/mol. The van der Waals surface area contributed by atoms with Gasteiger partial charge in [-0.1, -0.05) is 13.0 Å². The van der Waals surface area contributed by atoms with Crippen molar-refractivity contribution in [3.63, 3.8) is 0 Å². The van der Waals surface area contributed by atoms with Crippen LogP contribution in [0.5, 0.6) is 0 Å². The zero-order valence-electron chi connectivity index (χ0n) is 12.0. The second-order valence-electron chi connectivity index (χ2n) is 5.05. The fraction of sp³-hybridized carbons (Fsp3) is 0.571. The van der Waals surface area contributed by atoms with Crippen LogP contribution in [0.1, 0.15) is 25.8 Å². The maximum atomic E-state index is 13.2. The van der Waals surface area contributed by atoms with Gasteiger partial charge in [0.05, 0.1) is 5.25 Å². The lowest BCUT2D eigenvalue weighted by Crippen LogP contribution is -2.44. The molecule has 0 fully saturated rings. The average Bonchev–Trinajstić information content (AvgIpc) is 2.36. The van der Waals surface area contributed by atoms with Crippen LogP contribution in [0.3, 0.4) is 0 Å². The fourth-order valence-electron chi connectivity index (χ4n) is 1.95. The summed E-state index contributed by atoms with van der Waals surface area (Å²) in [5.41, 5.74) is 0.577. The van der Waals surface area contributed by atoms with Gasteiger partial charge in [0, 0.05) is 12.3 Å². The van der Waals surface area contributed by atoms with Crippen LogP contribution >= 0.6 is 0 Å². The summed E-state index contributed by atoms with van der Waals surface area (Å²) in [7, 11) is -3.20. The van der Waals surface area contributed by atoms with Gasteiger partial charge in [-0.15, -0.1) is 0 Å². The number of hydrogen-bond acceptors (Lipinski definition) is 3. The molecule has 1 aromatic carbocycles. The topological polar surface area (TPSA) is 46.2 Å². The largest absolute Gasteiger partial charge is 0.312 e. The molecule has 0 aliphatic heterocycles. The normalized spacial score (nSPS) is 15.1. The Bertz CT molecular complexity index is 546. The van der Waals surface area contributed by atoms with Gasteiger partial charge in [0.25, 0.3) is 0 Å². The molecule has 3 nitrogen and oxygen atoms in total. The van der Waals surface area contributed by atoms with E-state index < -0.39 is 26.7 Å². The Morgan fingerprint density at radius 3 is 2.40 bits per heavy atom. The molecule has 2 atom stereocenters. The van der Waals surface area contributed by atoms with Crippen LogP contribution in [-0.4, -0.2) is 32.5 Å². The Labute approximate surface area is 119 Å². The van der Waals surface area contributed by atoms with Gasteiger partial charge in [-0.25, -0.2) is 17.2 Å². The van der Waals surface area contributed by atoms with Crippen molar-refractivity contribution in [2.75, 3.05) is 12.8 Å².